The third-order valence-corrected chi connectivity index (χ3v) is 3.34. The van der Waals surface area contributed by atoms with E-state index in [0.717, 1.165) is 16.5 Å². The van der Waals surface area contributed by atoms with Gasteiger partial charge in [-0.2, -0.15) is 0 Å². The summed E-state index contributed by atoms with van der Waals surface area (Å²) in [6.07, 6.45) is 1.04. The molecule has 2 rings (SSSR count). The molecule has 0 aromatic heterocycles. The summed E-state index contributed by atoms with van der Waals surface area (Å²) in [4.78, 5) is 0. The van der Waals surface area contributed by atoms with Crippen molar-refractivity contribution in [2.45, 2.75) is 19.9 Å². The SMILES string of the molecule is CCc1ccc(CNc2ccc(Br)cc2F)cc1. The van der Waals surface area contributed by atoms with Crippen LogP contribution in [-0.2, 0) is 13.0 Å². The quantitative estimate of drug-likeness (QED) is 0.858. The fraction of sp³-hybridized carbons (Fsp3) is 0.200. The molecule has 2 aromatic carbocycles. The Bertz CT molecular complexity index is 523. The first-order valence-corrected chi connectivity index (χ1v) is 6.75. The van der Waals surface area contributed by atoms with Crippen LogP contribution in [0.4, 0.5) is 10.1 Å². The monoisotopic (exact) mass is 307 g/mol. The van der Waals surface area contributed by atoms with E-state index in [1.54, 1.807) is 6.07 Å². The largest absolute Gasteiger partial charge is 0.379 e. The topological polar surface area (TPSA) is 12.0 Å². The highest BCUT2D eigenvalue weighted by Gasteiger charge is 2.02. The Kier molecular flexibility index (Phi) is 4.37. The number of hydrogen-bond acceptors (Lipinski definition) is 1. The van der Waals surface area contributed by atoms with Crippen molar-refractivity contribution in [1.82, 2.24) is 0 Å². The molecule has 0 amide bonds. The Hall–Kier alpha value is -1.35. The third-order valence-electron chi connectivity index (χ3n) is 2.85. The summed E-state index contributed by atoms with van der Waals surface area (Å²) in [6.45, 7) is 2.76. The molecule has 0 saturated carbocycles. The Morgan fingerprint density at radius 1 is 1.06 bits per heavy atom. The number of benzene rings is 2. The van der Waals surface area contributed by atoms with Crippen molar-refractivity contribution in [2.24, 2.45) is 0 Å². The Labute approximate surface area is 115 Å². The van der Waals surface area contributed by atoms with Crippen LogP contribution in [0.5, 0.6) is 0 Å². The van der Waals surface area contributed by atoms with E-state index < -0.39 is 0 Å². The summed E-state index contributed by atoms with van der Waals surface area (Å²) in [5.41, 5.74) is 2.99. The first-order valence-electron chi connectivity index (χ1n) is 5.96. The molecule has 1 nitrogen and oxygen atoms in total. The van der Waals surface area contributed by atoms with Gasteiger partial charge in [-0.25, -0.2) is 4.39 Å². The van der Waals surface area contributed by atoms with Gasteiger partial charge in [-0.3, -0.25) is 0 Å². The number of anilines is 1. The molecule has 0 saturated heterocycles. The van der Waals surface area contributed by atoms with Gasteiger partial charge in [0.05, 0.1) is 5.69 Å². The molecule has 0 aliphatic rings. The van der Waals surface area contributed by atoms with E-state index in [1.807, 2.05) is 6.07 Å². The highest BCUT2D eigenvalue weighted by molar-refractivity contribution is 9.10. The van der Waals surface area contributed by atoms with Gasteiger partial charge >= 0.3 is 0 Å². The second-order valence-corrected chi connectivity index (χ2v) is 5.06. The zero-order valence-corrected chi connectivity index (χ0v) is 11.8. The lowest BCUT2D eigenvalue weighted by Crippen LogP contribution is -2.01. The number of halogens is 2. The van der Waals surface area contributed by atoms with Gasteiger partial charge in [-0.1, -0.05) is 47.1 Å². The molecule has 0 aliphatic carbocycles. The van der Waals surface area contributed by atoms with Crippen molar-refractivity contribution in [2.75, 3.05) is 5.32 Å². The van der Waals surface area contributed by atoms with Crippen LogP contribution in [0, 0.1) is 5.82 Å². The van der Waals surface area contributed by atoms with E-state index in [2.05, 4.69) is 52.4 Å². The van der Waals surface area contributed by atoms with Crippen LogP contribution < -0.4 is 5.32 Å². The van der Waals surface area contributed by atoms with E-state index in [9.17, 15) is 4.39 Å². The average molecular weight is 308 g/mol. The Balaban J connectivity index is 2.02. The van der Waals surface area contributed by atoms with Crippen LogP contribution in [0.2, 0.25) is 0 Å². The van der Waals surface area contributed by atoms with Crippen molar-refractivity contribution in [3.05, 3.63) is 63.9 Å². The highest BCUT2D eigenvalue weighted by atomic mass is 79.9. The first kappa shape index (κ1) is 13.1. The summed E-state index contributed by atoms with van der Waals surface area (Å²) in [5, 5.41) is 3.10. The van der Waals surface area contributed by atoms with Crippen LogP contribution in [0.25, 0.3) is 0 Å². The summed E-state index contributed by atoms with van der Waals surface area (Å²) in [5.74, 6) is -0.241. The van der Waals surface area contributed by atoms with Crippen molar-refractivity contribution in [1.29, 1.82) is 0 Å². The minimum atomic E-state index is -0.241. The molecule has 2 aromatic rings. The third kappa shape index (κ3) is 3.33. The van der Waals surface area contributed by atoms with Gasteiger partial charge in [0.1, 0.15) is 5.82 Å². The maximum atomic E-state index is 13.6. The van der Waals surface area contributed by atoms with E-state index >= 15 is 0 Å². The molecule has 0 unspecified atom stereocenters. The fourth-order valence-electron chi connectivity index (χ4n) is 1.72. The molecule has 0 spiro atoms. The first-order chi connectivity index (χ1) is 8.69. The standard InChI is InChI=1S/C15H15BrFN/c1-2-11-3-5-12(6-4-11)10-18-15-8-7-13(16)9-14(15)17/h3-9,18H,2,10H2,1H3. The van der Waals surface area contributed by atoms with E-state index in [0.29, 0.717) is 12.2 Å². The van der Waals surface area contributed by atoms with Crippen LogP contribution in [0.15, 0.2) is 46.9 Å². The van der Waals surface area contributed by atoms with Gasteiger partial charge in [0.25, 0.3) is 0 Å². The minimum absolute atomic E-state index is 0.241. The smallest absolute Gasteiger partial charge is 0.147 e. The number of rotatable bonds is 4. The molecular weight excluding hydrogens is 293 g/mol. The second-order valence-electron chi connectivity index (χ2n) is 4.15. The van der Waals surface area contributed by atoms with Crippen molar-refractivity contribution >= 4 is 21.6 Å². The van der Waals surface area contributed by atoms with E-state index in [-0.39, 0.29) is 5.82 Å². The lowest BCUT2D eigenvalue weighted by atomic mass is 10.1. The van der Waals surface area contributed by atoms with E-state index in [4.69, 9.17) is 0 Å². The normalized spacial score (nSPS) is 10.4. The van der Waals surface area contributed by atoms with Crippen molar-refractivity contribution in [3.8, 4) is 0 Å². The average Bonchev–Trinajstić information content (AvgIpc) is 2.38. The van der Waals surface area contributed by atoms with Gasteiger partial charge in [0.15, 0.2) is 0 Å². The van der Waals surface area contributed by atoms with Crippen molar-refractivity contribution < 1.29 is 4.39 Å². The van der Waals surface area contributed by atoms with Gasteiger partial charge in [-0.05, 0) is 35.7 Å². The highest BCUT2D eigenvalue weighted by Crippen LogP contribution is 2.20. The van der Waals surface area contributed by atoms with Gasteiger partial charge in [0.2, 0.25) is 0 Å². The zero-order valence-electron chi connectivity index (χ0n) is 10.2. The number of nitrogens with one attached hydrogen (secondary N) is 1. The van der Waals surface area contributed by atoms with E-state index in [1.165, 1.54) is 11.6 Å². The number of aryl methyl sites for hydroxylation is 1. The van der Waals surface area contributed by atoms with Crippen LogP contribution >= 0.6 is 15.9 Å². The van der Waals surface area contributed by atoms with Gasteiger partial charge in [0, 0.05) is 11.0 Å². The lowest BCUT2D eigenvalue weighted by molar-refractivity contribution is 0.629. The Morgan fingerprint density at radius 2 is 1.72 bits per heavy atom. The molecule has 0 fully saturated rings. The van der Waals surface area contributed by atoms with Crippen LogP contribution in [-0.4, -0.2) is 0 Å². The molecule has 0 bridgehead atoms. The molecule has 0 atom stereocenters. The molecule has 3 heteroatoms. The van der Waals surface area contributed by atoms with Crippen molar-refractivity contribution in [3.63, 3.8) is 0 Å². The van der Waals surface area contributed by atoms with Gasteiger partial charge < -0.3 is 5.32 Å². The van der Waals surface area contributed by atoms with Crippen LogP contribution in [0.3, 0.4) is 0 Å². The molecular formula is C15H15BrFN. The summed E-state index contributed by atoms with van der Waals surface area (Å²) in [6, 6.07) is 13.4. The number of hydrogen-bond donors (Lipinski definition) is 1. The zero-order chi connectivity index (χ0) is 13.0. The second kappa shape index (κ2) is 6.01. The molecule has 0 aliphatic heterocycles. The molecule has 0 heterocycles. The molecule has 1 N–H and O–H groups in total. The summed E-state index contributed by atoms with van der Waals surface area (Å²) in [7, 11) is 0. The fourth-order valence-corrected chi connectivity index (χ4v) is 2.06. The molecule has 18 heavy (non-hydrogen) atoms. The maximum absolute atomic E-state index is 13.6. The van der Waals surface area contributed by atoms with Crippen LogP contribution in [0.1, 0.15) is 18.1 Å². The predicted octanol–water partition coefficient (Wildman–Crippen LogP) is 4.76. The lowest BCUT2D eigenvalue weighted by Gasteiger charge is -2.08. The summed E-state index contributed by atoms with van der Waals surface area (Å²) < 4.78 is 14.3. The molecule has 0 radical (unpaired) electrons. The van der Waals surface area contributed by atoms with Gasteiger partial charge in [-0.15, -0.1) is 0 Å². The molecule has 94 valence electrons. The maximum Gasteiger partial charge on any atom is 0.147 e. The minimum Gasteiger partial charge on any atom is -0.379 e. The summed E-state index contributed by atoms with van der Waals surface area (Å²) >= 11 is 3.24. The predicted molar refractivity (Wildman–Crippen MR) is 77.2 cm³/mol. The Morgan fingerprint density at radius 3 is 2.33 bits per heavy atom.